The molecule has 1 N–H and O–H groups in total. The molecule has 1 rings (SSSR count). The van der Waals surface area contributed by atoms with Crippen molar-refractivity contribution in [1.82, 2.24) is 0 Å². The molecule has 1 atom stereocenters. The van der Waals surface area contributed by atoms with Gasteiger partial charge in [-0.1, -0.05) is 0 Å². The molecule has 0 bridgehead atoms. The van der Waals surface area contributed by atoms with E-state index >= 15 is 0 Å². The van der Waals surface area contributed by atoms with Crippen LogP contribution >= 0.6 is 74.8 Å². The standard InChI is InChI=1S/Cl5HN3OP3/c1-10(2)6-11(3,4)8-12(5,9)7-10/h9H. The molecule has 72 valence electrons. The average Bonchev–Trinajstić information content (AvgIpc) is 1.44. The van der Waals surface area contributed by atoms with E-state index in [1.807, 2.05) is 0 Å². The van der Waals surface area contributed by atoms with E-state index in [1.54, 1.807) is 0 Å². The fourth-order valence-corrected chi connectivity index (χ4v) is 16.2. The van der Waals surface area contributed by atoms with Crippen molar-refractivity contribution in [3.05, 3.63) is 0 Å². The maximum atomic E-state index is 9.25. The molecule has 0 aliphatic carbocycles. The Morgan fingerprint density at radius 1 is 0.750 bits per heavy atom. The minimum Gasteiger partial charge on any atom is -0.332 e. The Bertz CT molecular complexity index is 279. The van der Waals surface area contributed by atoms with Gasteiger partial charge < -0.3 is 4.89 Å². The second-order valence-corrected chi connectivity index (χ2v) is 14.7. The number of halogens is 5. The first-order valence-corrected chi connectivity index (χ1v) is 11.8. The van der Waals surface area contributed by atoms with Gasteiger partial charge in [0.25, 0.3) is 18.6 Å². The fourth-order valence-electron chi connectivity index (χ4n) is 0.457. The lowest BCUT2D eigenvalue weighted by Gasteiger charge is -2.16. The summed E-state index contributed by atoms with van der Waals surface area (Å²) in [5.41, 5.74) is 0. The summed E-state index contributed by atoms with van der Waals surface area (Å²) in [6, 6.07) is 0. The first-order valence-electron chi connectivity index (χ1n) is 2.25. The van der Waals surface area contributed by atoms with Gasteiger partial charge in [-0.05, 0) is 56.2 Å². The molecule has 1 aliphatic heterocycles. The van der Waals surface area contributed by atoms with Crippen LogP contribution in [0.2, 0.25) is 0 Å². The SMILES string of the molecule is OP1(Cl)=NP(Cl)(Cl)=NP(Cl)(Cl)=N1. The summed E-state index contributed by atoms with van der Waals surface area (Å²) in [5, 5.41) is 0. The number of hydrogen-bond acceptors (Lipinski definition) is 3. The molecule has 0 spiro atoms. The lowest BCUT2D eigenvalue weighted by molar-refractivity contribution is 0.632. The third kappa shape index (κ3) is 3.69. The Balaban J connectivity index is 3.46. The van der Waals surface area contributed by atoms with Crippen LogP contribution in [0.1, 0.15) is 0 Å². The second kappa shape index (κ2) is 3.59. The molecule has 4 nitrogen and oxygen atoms in total. The predicted molar refractivity (Wildman–Crippen MR) is 59.5 cm³/mol. The van der Waals surface area contributed by atoms with Crippen LogP contribution in [0.4, 0.5) is 0 Å². The van der Waals surface area contributed by atoms with Crippen LogP contribution in [-0.4, -0.2) is 4.89 Å². The van der Waals surface area contributed by atoms with Gasteiger partial charge in [0.1, 0.15) is 0 Å². The zero-order valence-corrected chi connectivity index (χ0v) is 11.5. The van der Waals surface area contributed by atoms with Crippen LogP contribution in [0.15, 0.2) is 13.5 Å². The average molecular weight is 329 g/mol. The van der Waals surface area contributed by atoms with Crippen molar-refractivity contribution in [1.29, 1.82) is 0 Å². The molecule has 0 aromatic heterocycles. The summed E-state index contributed by atoms with van der Waals surface area (Å²) in [6.07, 6.45) is 0. The molecule has 0 radical (unpaired) electrons. The molecule has 0 saturated carbocycles. The van der Waals surface area contributed by atoms with E-state index in [9.17, 15) is 4.89 Å². The van der Waals surface area contributed by atoms with Gasteiger partial charge in [-0.3, -0.25) is 0 Å². The van der Waals surface area contributed by atoms with Crippen LogP contribution in [-0.2, 0) is 0 Å². The summed E-state index contributed by atoms with van der Waals surface area (Å²) in [4.78, 5) is 9.25. The molecule has 12 heavy (non-hydrogen) atoms. The van der Waals surface area contributed by atoms with Gasteiger partial charge in [-0.2, -0.15) is 13.5 Å². The lowest BCUT2D eigenvalue weighted by Crippen LogP contribution is -1.67. The van der Waals surface area contributed by atoms with Crippen LogP contribution in [0.5, 0.6) is 0 Å². The molecule has 12 heteroatoms. The van der Waals surface area contributed by atoms with Crippen molar-refractivity contribution in [3.8, 4) is 0 Å². The van der Waals surface area contributed by atoms with Crippen molar-refractivity contribution in [2.45, 2.75) is 0 Å². The Labute approximate surface area is 92.9 Å². The lowest BCUT2D eigenvalue weighted by atomic mass is 13.8. The predicted octanol–water partition coefficient (Wildman–Crippen LogP) is 6.02. The zero-order chi connectivity index (χ0) is 9.62. The van der Waals surface area contributed by atoms with Crippen LogP contribution < -0.4 is 0 Å². The fraction of sp³-hybridized carbons (Fsp3) is 0. The monoisotopic (exact) mass is 327 g/mol. The van der Waals surface area contributed by atoms with E-state index in [-0.39, 0.29) is 0 Å². The molecule has 1 heterocycles. The number of rotatable bonds is 0. The van der Waals surface area contributed by atoms with Crippen LogP contribution in [0.25, 0.3) is 0 Å². The van der Waals surface area contributed by atoms with E-state index in [4.69, 9.17) is 56.2 Å². The van der Waals surface area contributed by atoms with Crippen molar-refractivity contribution < 1.29 is 4.89 Å². The topological polar surface area (TPSA) is 57.3 Å². The van der Waals surface area contributed by atoms with Crippen molar-refractivity contribution in [3.63, 3.8) is 0 Å². The summed E-state index contributed by atoms with van der Waals surface area (Å²) >= 11 is 27.7. The highest BCUT2D eigenvalue weighted by atomic mass is 35.9. The highest BCUT2D eigenvalue weighted by Gasteiger charge is 2.30. The second-order valence-electron chi connectivity index (χ2n) is 1.67. The van der Waals surface area contributed by atoms with Gasteiger partial charge in [0.05, 0.1) is 0 Å². The molecular weight excluding hydrogens is 328 g/mol. The van der Waals surface area contributed by atoms with Gasteiger partial charge in [-0.15, -0.1) is 0 Å². The largest absolute Gasteiger partial charge is 0.332 e. The smallest absolute Gasteiger partial charge is 0.296 e. The highest BCUT2D eigenvalue weighted by Crippen LogP contribution is 2.85. The quantitative estimate of drug-likeness (QED) is 0.542. The summed E-state index contributed by atoms with van der Waals surface area (Å²) in [6.45, 7) is -3.38. The Morgan fingerprint density at radius 3 is 1.50 bits per heavy atom. The van der Waals surface area contributed by atoms with Gasteiger partial charge in [0, 0.05) is 0 Å². The zero-order valence-electron chi connectivity index (χ0n) is 5.02. The minimum absolute atomic E-state index is 3.03. The molecule has 0 aromatic carbocycles. The van der Waals surface area contributed by atoms with E-state index in [1.165, 1.54) is 0 Å². The van der Waals surface area contributed by atoms with Gasteiger partial charge in [0.2, 0.25) is 0 Å². The van der Waals surface area contributed by atoms with Crippen molar-refractivity contribution in [2.75, 3.05) is 0 Å². The first kappa shape index (κ1) is 12.2. The molecule has 0 fully saturated rings. The third-order valence-corrected chi connectivity index (χ3v) is 12.0. The van der Waals surface area contributed by atoms with E-state index in [0.717, 1.165) is 0 Å². The molecule has 0 aromatic rings. The third-order valence-electron chi connectivity index (χ3n) is 0.658. The first-order chi connectivity index (χ1) is 5.12. The van der Waals surface area contributed by atoms with Gasteiger partial charge >= 0.3 is 0 Å². The Kier molecular flexibility index (Phi) is 3.65. The Hall–Kier alpha value is 2.10. The maximum Gasteiger partial charge on any atom is 0.296 e. The van der Waals surface area contributed by atoms with E-state index < -0.39 is 18.6 Å². The molecule has 0 amide bonds. The molecule has 1 unspecified atom stereocenters. The van der Waals surface area contributed by atoms with E-state index in [2.05, 4.69) is 13.5 Å². The summed E-state index contributed by atoms with van der Waals surface area (Å²) in [5.74, 6) is -6.05. The van der Waals surface area contributed by atoms with E-state index in [0.29, 0.717) is 0 Å². The Morgan fingerprint density at radius 2 is 1.17 bits per heavy atom. The summed E-state index contributed by atoms with van der Waals surface area (Å²) in [7, 11) is 0. The summed E-state index contributed by atoms with van der Waals surface area (Å²) < 4.78 is 10.5. The van der Waals surface area contributed by atoms with Gasteiger partial charge in [0.15, 0.2) is 0 Å². The van der Waals surface area contributed by atoms with Crippen LogP contribution in [0, 0.1) is 0 Å². The van der Waals surface area contributed by atoms with Crippen molar-refractivity contribution >= 4 is 74.8 Å². The molecular formula is HCl5N3OP3. The van der Waals surface area contributed by atoms with Crippen LogP contribution in [0.3, 0.4) is 0 Å². The molecule has 0 saturated heterocycles. The van der Waals surface area contributed by atoms with Crippen molar-refractivity contribution in [2.24, 2.45) is 13.5 Å². The van der Waals surface area contributed by atoms with Gasteiger partial charge in [-0.25, -0.2) is 0 Å². The number of hydrogen-bond donors (Lipinski definition) is 1. The highest BCUT2D eigenvalue weighted by molar-refractivity contribution is 8.22. The number of nitrogens with zero attached hydrogens (tertiary/aromatic N) is 3. The minimum atomic E-state index is -3.38. The normalized spacial score (nSPS) is 37.5. The maximum absolute atomic E-state index is 9.25. The molecule has 1 aliphatic rings.